The molecule has 4 rings (SSSR count). The van der Waals surface area contributed by atoms with Crippen molar-refractivity contribution >= 4 is 22.6 Å². The van der Waals surface area contributed by atoms with Crippen LogP contribution in [0.15, 0.2) is 58.4 Å². The maximum absolute atomic E-state index is 12.9. The van der Waals surface area contributed by atoms with Gasteiger partial charge in [0.15, 0.2) is 0 Å². The molecule has 0 radical (unpaired) electrons. The molecule has 138 valence electrons. The summed E-state index contributed by atoms with van der Waals surface area (Å²) < 4.78 is 6.77. The van der Waals surface area contributed by atoms with Gasteiger partial charge < -0.3 is 4.74 Å². The van der Waals surface area contributed by atoms with E-state index in [0.717, 1.165) is 25.0 Å². The fourth-order valence-electron chi connectivity index (χ4n) is 3.44. The van der Waals surface area contributed by atoms with E-state index in [-0.39, 0.29) is 5.56 Å². The van der Waals surface area contributed by atoms with E-state index >= 15 is 0 Å². The van der Waals surface area contributed by atoms with E-state index in [1.807, 2.05) is 30.3 Å². The SMILES string of the molecule is COCCCn1c(NN=C2Cc3ccccc3C2)nc2ccccc2c1=O. The van der Waals surface area contributed by atoms with Gasteiger partial charge in [0.1, 0.15) is 0 Å². The third-order valence-electron chi connectivity index (χ3n) is 4.81. The fraction of sp³-hybridized carbons (Fsp3) is 0.286. The number of anilines is 1. The predicted molar refractivity (Wildman–Crippen MR) is 107 cm³/mol. The smallest absolute Gasteiger partial charge is 0.262 e. The van der Waals surface area contributed by atoms with Gasteiger partial charge in [0.25, 0.3) is 5.56 Å². The lowest BCUT2D eigenvalue weighted by Gasteiger charge is -2.13. The predicted octanol–water partition coefficient (Wildman–Crippen LogP) is 3.00. The summed E-state index contributed by atoms with van der Waals surface area (Å²) in [6.45, 7) is 1.11. The van der Waals surface area contributed by atoms with Crippen LogP contribution in [0.1, 0.15) is 17.5 Å². The minimum absolute atomic E-state index is 0.0610. The highest BCUT2D eigenvalue weighted by molar-refractivity contribution is 5.93. The molecule has 6 heteroatoms. The molecule has 27 heavy (non-hydrogen) atoms. The molecule has 2 aromatic carbocycles. The van der Waals surface area contributed by atoms with Crippen LogP contribution in [-0.2, 0) is 24.1 Å². The van der Waals surface area contributed by atoms with Gasteiger partial charge in [-0.3, -0.25) is 9.36 Å². The molecule has 0 unspecified atom stereocenters. The van der Waals surface area contributed by atoms with Gasteiger partial charge in [-0.15, -0.1) is 0 Å². The molecule has 0 bridgehead atoms. The molecule has 0 saturated carbocycles. The van der Waals surface area contributed by atoms with E-state index < -0.39 is 0 Å². The molecule has 0 aliphatic heterocycles. The highest BCUT2D eigenvalue weighted by Gasteiger charge is 2.16. The Hall–Kier alpha value is -2.99. The first-order valence-electron chi connectivity index (χ1n) is 9.13. The summed E-state index contributed by atoms with van der Waals surface area (Å²) in [5.41, 5.74) is 7.32. The van der Waals surface area contributed by atoms with Gasteiger partial charge in [-0.1, -0.05) is 36.4 Å². The summed E-state index contributed by atoms with van der Waals surface area (Å²) in [7, 11) is 1.66. The van der Waals surface area contributed by atoms with Gasteiger partial charge in [0.2, 0.25) is 5.95 Å². The van der Waals surface area contributed by atoms with Crippen LogP contribution < -0.4 is 11.0 Å². The quantitative estimate of drug-likeness (QED) is 0.541. The monoisotopic (exact) mass is 362 g/mol. The normalized spacial score (nSPS) is 13.0. The molecule has 1 aromatic heterocycles. The van der Waals surface area contributed by atoms with Crippen molar-refractivity contribution in [1.29, 1.82) is 0 Å². The van der Waals surface area contributed by atoms with Crippen LogP contribution >= 0.6 is 0 Å². The first-order valence-corrected chi connectivity index (χ1v) is 9.13. The van der Waals surface area contributed by atoms with Gasteiger partial charge in [0, 0.05) is 38.8 Å². The summed E-state index contributed by atoms with van der Waals surface area (Å²) in [5.74, 6) is 0.471. The minimum Gasteiger partial charge on any atom is -0.385 e. The number of fused-ring (bicyclic) bond motifs is 2. The number of hydrogen-bond donors (Lipinski definition) is 1. The largest absolute Gasteiger partial charge is 0.385 e. The van der Waals surface area contributed by atoms with Crippen molar-refractivity contribution in [2.45, 2.75) is 25.8 Å². The van der Waals surface area contributed by atoms with Gasteiger partial charge >= 0.3 is 0 Å². The number of ether oxygens (including phenoxy) is 1. The minimum atomic E-state index is -0.0610. The van der Waals surface area contributed by atoms with Crippen LogP contribution in [0, 0.1) is 0 Å². The van der Waals surface area contributed by atoms with E-state index in [0.29, 0.717) is 30.0 Å². The van der Waals surface area contributed by atoms with Crippen molar-refractivity contribution in [3.05, 3.63) is 70.0 Å². The Balaban J connectivity index is 1.65. The third-order valence-corrected chi connectivity index (χ3v) is 4.81. The van der Waals surface area contributed by atoms with Crippen LogP contribution in [-0.4, -0.2) is 29.0 Å². The molecule has 3 aromatic rings. The van der Waals surface area contributed by atoms with Crippen LogP contribution in [0.3, 0.4) is 0 Å². The number of nitrogens with one attached hydrogen (secondary N) is 1. The van der Waals surface area contributed by atoms with Gasteiger partial charge in [-0.2, -0.15) is 5.10 Å². The van der Waals surface area contributed by atoms with Crippen molar-refractivity contribution in [2.75, 3.05) is 19.1 Å². The Morgan fingerprint density at radius 1 is 1.11 bits per heavy atom. The zero-order valence-electron chi connectivity index (χ0n) is 15.3. The lowest BCUT2D eigenvalue weighted by atomic mass is 10.1. The van der Waals surface area contributed by atoms with Crippen molar-refractivity contribution < 1.29 is 4.74 Å². The summed E-state index contributed by atoms with van der Waals surface area (Å²) in [6.07, 6.45) is 2.38. The molecule has 0 amide bonds. The Morgan fingerprint density at radius 3 is 2.56 bits per heavy atom. The van der Waals surface area contributed by atoms with Crippen LogP contribution in [0.4, 0.5) is 5.95 Å². The summed E-state index contributed by atoms with van der Waals surface area (Å²) >= 11 is 0. The van der Waals surface area contributed by atoms with E-state index in [1.165, 1.54) is 11.1 Å². The van der Waals surface area contributed by atoms with E-state index in [9.17, 15) is 4.79 Å². The number of hydrazone groups is 1. The Bertz CT molecular complexity index is 1030. The number of para-hydroxylation sites is 1. The van der Waals surface area contributed by atoms with E-state index in [4.69, 9.17) is 4.74 Å². The van der Waals surface area contributed by atoms with Crippen LogP contribution in [0.25, 0.3) is 10.9 Å². The lowest BCUT2D eigenvalue weighted by molar-refractivity contribution is 0.190. The van der Waals surface area contributed by atoms with Gasteiger partial charge in [-0.25, -0.2) is 10.4 Å². The Labute approximate surface area is 157 Å². The highest BCUT2D eigenvalue weighted by Crippen LogP contribution is 2.20. The zero-order chi connectivity index (χ0) is 18.6. The molecule has 0 atom stereocenters. The number of rotatable bonds is 6. The maximum atomic E-state index is 12.9. The van der Waals surface area contributed by atoms with Crippen molar-refractivity contribution in [3.63, 3.8) is 0 Å². The molecular formula is C21H22N4O2. The van der Waals surface area contributed by atoms with E-state index in [1.54, 1.807) is 17.7 Å². The number of hydrogen-bond acceptors (Lipinski definition) is 5. The Kier molecular flexibility index (Phi) is 4.98. The van der Waals surface area contributed by atoms with Gasteiger partial charge in [0.05, 0.1) is 10.9 Å². The molecule has 1 N–H and O–H groups in total. The zero-order valence-corrected chi connectivity index (χ0v) is 15.3. The summed E-state index contributed by atoms with van der Waals surface area (Å²) in [5, 5.41) is 5.17. The first-order chi connectivity index (χ1) is 13.3. The average molecular weight is 362 g/mol. The molecule has 0 saturated heterocycles. The molecular weight excluding hydrogens is 340 g/mol. The molecule has 6 nitrogen and oxygen atoms in total. The van der Waals surface area contributed by atoms with Gasteiger partial charge in [-0.05, 0) is 29.7 Å². The number of methoxy groups -OCH3 is 1. The average Bonchev–Trinajstić information content (AvgIpc) is 3.11. The fourth-order valence-corrected chi connectivity index (χ4v) is 3.44. The van der Waals surface area contributed by atoms with Crippen LogP contribution in [0.5, 0.6) is 0 Å². The Morgan fingerprint density at radius 2 is 1.81 bits per heavy atom. The standard InChI is InChI=1S/C21H22N4O2/c1-27-12-6-11-25-20(26)18-9-4-5-10-19(18)22-21(25)24-23-17-13-15-7-2-3-8-16(15)14-17/h2-5,7-10H,6,11-14H2,1H3,(H,22,24). The second kappa shape index (κ2) is 7.72. The van der Waals surface area contributed by atoms with E-state index in [2.05, 4.69) is 27.6 Å². The molecule has 0 fully saturated rings. The number of benzene rings is 2. The van der Waals surface area contributed by atoms with Crippen molar-refractivity contribution in [2.24, 2.45) is 5.10 Å². The van der Waals surface area contributed by atoms with Crippen LogP contribution in [0.2, 0.25) is 0 Å². The summed E-state index contributed by atoms with van der Waals surface area (Å²) in [4.78, 5) is 17.5. The second-order valence-electron chi connectivity index (χ2n) is 6.67. The molecule has 1 aliphatic rings. The molecule has 1 heterocycles. The lowest BCUT2D eigenvalue weighted by Crippen LogP contribution is -2.25. The van der Waals surface area contributed by atoms with Crippen molar-refractivity contribution in [1.82, 2.24) is 9.55 Å². The molecule has 1 aliphatic carbocycles. The van der Waals surface area contributed by atoms with Crippen molar-refractivity contribution in [3.8, 4) is 0 Å². The molecule has 0 spiro atoms. The first kappa shape index (κ1) is 17.4. The second-order valence-corrected chi connectivity index (χ2v) is 6.67. The third kappa shape index (κ3) is 3.61. The number of aromatic nitrogens is 2. The maximum Gasteiger partial charge on any atom is 0.262 e. The highest BCUT2D eigenvalue weighted by atomic mass is 16.5. The number of nitrogens with zero attached hydrogens (tertiary/aromatic N) is 3. The summed E-state index contributed by atoms with van der Waals surface area (Å²) in [6, 6.07) is 15.8. The topological polar surface area (TPSA) is 68.5 Å².